The molecule has 1 amide bonds. The second-order valence-corrected chi connectivity index (χ2v) is 10.6. The lowest BCUT2D eigenvalue weighted by Crippen LogP contribution is -2.28. The van der Waals surface area contributed by atoms with E-state index in [9.17, 15) is 14.7 Å². The van der Waals surface area contributed by atoms with Gasteiger partial charge in [-0.1, -0.05) is 0 Å². The summed E-state index contributed by atoms with van der Waals surface area (Å²) in [5.74, 6) is -1.01. The molecule has 0 saturated heterocycles. The van der Waals surface area contributed by atoms with E-state index < -0.39 is 23.6 Å². The topological polar surface area (TPSA) is 125 Å². The third-order valence-electron chi connectivity index (χ3n) is 5.93. The molecule has 5 rings (SSSR count). The molecule has 3 heterocycles. The fourth-order valence-corrected chi connectivity index (χ4v) is 5.58. The van der Waals surface area contributed by atoms with Gasteiger partial charge in [0.05, 0.1) is 27.9 Å². The number of rotatable bonds is 5. The number of nitrogens with two attached hydrogens (primary N) is 1. The zero-order valence-electron chi connectivity index (χ0n) is 19.8. The van der Waals surface area contributed by atoms with Gasteiger partial charge in [0, 0.05) is 34.7 Å². The maximum atomic E-state index is 12.5. The van der Waals surface area contributed by atoms with Gasteiger partial charge < -0.3 is 20.3 Å². The van der Waals surface area contributed by atoms with Gasteiger partial charge in [-0.3, -0.25) is 9.78 Å². The summed E-state index contributed by atoms with van der Waals surface area (Å²) >= 11 is 1.14. The highest BCUT2D eigenvalue weighted by Crippen LogP contribution is 2.46. The van der Waals surface area contributed by atoms with E-state index in [1.54, 1.807) is 12.3 Å². The summed E-state index contributed by atoms with van der Waals surface area (Å²) in [5.41, 5.74) is 9.74. The molecule has 1 aliphatic rings. The Kier molecular flexibility index (Phi) is 5.49. The molecule has 35 heavy (non-hydrogen) atoms. The van der Waals surface area contributed by atoms with Crippen molar-refractivity contribution in [1.29, 1.82) is 0 Å². The zero-order valence-corrected chi connectivity index (χ0v) is 20.7. The van der Waals surface area contributed by atoms with Gasteiger partial charge in [0.1, 0.15) is 5.75 Å². The first-order valence-corrected chi connectivity index (χ1v) is 12.0. The molecule has 180 valence electrons. The Hall–Kier alpha value is -3.56. The molecule has 0 fully saturated rings. The highest BCUT2D eigenvalue weighted by atomic mass is 32.1. The average molecular weight is 492 g/mol. The van der Waals surface area contributed by atoms with Crippen LogP contribution in [0.15, 0.2) is 30.5 Å². The first kappa shape index (κ1) is 23.2. The summed E-state index contributed by atoms with van der Waals surface area (Å²) in [4.78, 5) is 33.6. The molecule has 1 unspecified atom stereocenters. The first-order valence-electron chi connectivity index (χ1n) is 11.2. The van der Waals surface area contributed by atoms with Gasteiger partial charge in [-0.25, -0.2) is 9.78 Å². The van der Waals surface area contributed by atoms with Crippen LogP contribution in [0.3, 0.4) is 0 Å². The number of nitrogens with zero attached hydrogens (tertiary/aromatic N) is 2. The van der Waals surface area contributed by atoms with E-state index in [1.807, 2.05) is 45.9 Å². The van der Waals surface area contributed by atoms with Crippen molar-refractivity contribution >= 4 is 44.3 Å². The lowest BCUT2D eigenvalue weighted by molar-refractivity contribution is -0.160. The van der Waals surface area contributed by atoms with Gasteiger partial charge >= 0.3 is 5.97 Å². The lowest BCUT2D eigenvalue weighted by Gasteiger charge is -2.28. The number of ether oxygens (including phenoxy) is 2. The fourth-order valence-electron chi connectivity index (χ4n) is 4.61. The number of carbonyl (C=O) groups excluding carboxylic acids is 1. The Labute approximate surface area is 205 Å². The van der Waals surface area contributed by atoms with Crippen LogP contribution in [-0.2, 0) is 16.0 Å². The molecule has 8 nitrogen and oxygen atoms in total. The van der Waals surface area contributed by atoms with E-state index in [2.05, 4.69) is 9.97 Å². The predicted molar refractivity (Wildman–Crippen MR) is 134 cm³/mol. The number of carboxylic acid groups (broad SMARTS) is 1. The third-order valence-corrected chi connectivity index (χ3v) is 7.04. The number of carbonyl (C=O) groups is 2. The number of hydrogen-bond donors (Lipinski definition) is 2. The van der Waals surface area contributed by atoms with Crippen molar-refractivity contribution in [2.75, 3.05) is 6.61 Å². The maximum Gasteiger partial charge on any atom is 0.337 e. The predicted octanol–water partition coefficient (Wildman–Crippen LogP) is 4.79. The van der Waals surface area contributed by atoms with Gasteiger partial charge in [-0.05, 0) is 63.1 Å². The molecule has 1 atom stereocenters. The Morgan fingerprint density at radius 3 is 2.71 bits per heavy atom. The Morgan fingerprint density at radius 2 is 2.03 bits per heavy atom. The van der Waals surface area contributed by atoms with Gasteiger partial charge in [0.25, 0.3) is 5.91 Å². The number of thiazole rings is 1. The van der Waals surface area contributed by atoms with E-state index in [4.69, 9.17) is 15.2 Å². The van der Waals surface area contributed by atoms with E-state index in [0.29, 0.717) is 39.0 Å². The molecule has 1 aliphatic heterocycles. The minimum Gasteiger partial charge on any atom is -0.493 e. The lowest BCUT2D eigenvalue weighted by atomic mass is 9.89. The third kappa shape index (κ3) is 4.00. The number of hydrogen-bond acceptors (Lipinski definition) is 7. The molecule has 2 aromatic carbocycles. The van der Waals surface area contributed by atoms with Crippen LogP contribution in [0.25, 0.3) is 32.2 Å². The Balaban J connectivity index is 1.92. The summed E-state index contributed by atoms with van der Waals surface area (Å²) in [6, 6.07) is 7.53. The first-order chi connectivity index (χ1) is 16.5. The number of aromatic nitrogens is 2. The maximum absolute atomic E-state index is 12.5. The molecular weight excluding hydrogens is 466 g/mol. The standard InChI is InChI=1S/C26H25N3O5S/c1-12-11-15-22(35-24(29-15)23(27)30)19(17(12)21(25(31)32)34-26(2,3)4)14-5-6-16-18-13(8-10-33-16)7-9-28-20(14)18/h5-7,9,11,21H,8,10H2,1-4H3,(H2,27,30)(H,31,32). The summed E-state index contributed by atoms with van der Waals surface area (Å²) < 4.78 is 12.6. The van der Waals surface area contributed by atoms with Crippen molar-refractivity contribution in [2.45, 2.75) is 45.8 Å². The minimum atomic E-state index is -1.25. The van der Waals surface area contributed by atoms with Crippen LogP contribution >= 0.6 is 11.3 Å². The molecule has 2 aromatic heterocycles. The zero-order chi connectivity index (χ0) is 25.1. The van der Waals surface area contributed by atoms with Crippen LogP contribution in [0.4, 0.5) is 0 Å². The highest BCUT2D eigenvalue weighted by molar-refractivity contribution is 7.20. The van der Waals surface area contributed by atoms with E-state index in [1.165, 1.54) is 0 Å². The summed E-state index contributed by atoms with van der Waals surface area (Å²) in [6.07, 6.45) is 1.25. The fraction of sp³-hybridized carbons (Fsp3) is 0.308. The minimum absolute atomic E-state index is 0.153. The second-order valence-electron chi connectivity index (χ2n) is 9.57. The van der Waals surface area contributed by atoms with Crippen molar-refractivity contribution < 1.29 is 24.2 Å². The van der Waals surface area contributed by atoms with Crippen LogP contribution in [-0.4, -0.2) is 39.2 Å². The quantitative estimate of drug-likeness (QED) is 0.411. The van der Waals surface area contributed by atoms with Crippen molar-refractivity contribution in [2.24, 2.45) is 5.73 Å². The Morgan fingerprint density at radius 1 is 1.26 bits per heavy atom. The number of benzene rings is 2. The Bertz CT molecular complexity index is 1510. The molecule has 0 saturated carbocycles. The highest BCUT2D eigenvalue weighted by Gasteiger charge is 2.33. The number of amides is 1. The summed E-state index contributed by atoms with van der Waals surface area (Å²) in [7, 11) is 0. The number of primary amides is 1. The largest absolute Gasteiger partial charge is 0.493 e. The van der Waals surface area contributed by atoms with E-state index in [-0.39, 0.29) is 5.01 Å². The number of aliphatic carboxylic acids is 1. The number of pyridine rings is 1. The van der Waals surface area contributed by atoms with Gasteiger partial charge in [0.2, 0.25) is 0 Å². The van der Waals surface area contributed by atoms with E-state index >= 15 is 0 Å². The number of carboxylic acids is 1. The molecular formula is C26H25N3O5S. The number of aryl methyl sites for hydroxylation is 1. The van der Waals surface area contributed by atoms with Gasteiger partial charge in [-0.15, -0.1) is 11.3 Å². The van der Waals surface area contributed by atoms with Crippen LogP contribution < -0.4 is 10.5 Å². The van der Waals surface area contributed by atoms with Crippen molar-refractivity contribution in [1.82, 2.24) is 9.97 Å². The van der Waals surface area contributed by atoms with Crippen LogP contribution in [0, 0.1) is 6.92 Å². The smallest absolute Gasteiger partial charge is 0.337 e. The molecule has 4 aromatic rings. The average Bonchev–Trinajstić information content (AvgIpc) is 3.21. The molecule has 0 aliphatic carbocycles. The SMILES string of the molecule is Cc1cc2nc(C(N)=O)sc2c(-c2ccc3c4c(ccnc24)CCO3)c1C(OC(C)(C)C)C(=O)O. The molecule has 9 heteroatoms. The molecule has 0 radical (unpaired) electrons. The van der Waals surface area contributed by atoms with E-state index in [0.717, 1.165) is 40.0 Å². The van der Waals surface area contributed by atoms with Crippen molar-refractivity contribution in [3.05, 3.63) is 52.2 Å². The molecule has 0 spiro atoms. The summed E-state index contributed by atoms with van der Waals surface area (Å²) in [5, 5.41) is 11.3. The normalized spacial score (nSPS) is 14.2. The van der Waals surface area contributed by atoms with Crippen LogP contribution in [0.1, 0.15) is 53.4 Å². The van der Waals surface area contributed by atoms with Gasteiger partial charge in [0.15, 0.2) is 11.1 Å². The number of fused-ring (bicyclic) bond motifs is 1. The van der Waals surface area contributed by atoms with Gasteiger partial charge in [-0.2, -0.15) is 0 Å². The summed E-state index contributed by atoms with van der Waals surface area (Å²) in [6.45, 7) is 7.86. The monoisotopic (exact) mass is 491 g/mol. The van der Waals surface area contributed by atoms with Crippen molar-refractivity contribution in [3.63, 3.8) is 0 Å². The van der Waals surface area contributed by atoms with Crippen molar-refractivity contribution in [3.8, 4) is 16.9 Å². The molecule has 0 bridgehead atoms. The van der Waals surface area contributed by atoms with Crippen LogP contribution in [0.5, 0.6) is 5.75 Å². The van der Waals surface area contributed by atoms with Crippen LogP contribution in [0.2, 0.25) is 0 Å². The second kappa shape index (κ2) is 8.28. The molecule has 3 N–H and O–H groups in total.